The molecule has 0 aromatic carbocycles. The van der Waals surface area contributed by atoms with Crippen LogP contribution in [0.25, 0.3) is 0 Å². The van der Waals surface area contributed by atoms with E-state index in [0.29, 0.717) is 12.2 Å². The summed E-state index contributed by atoms with van der Waals surface area (Å²) < 4.78 is 5.75. The number of aryl methyl sites for hydroxylation is 1. The second-order valence-corrected chi connectivity index (χ2v) is 4.58. The minimum atomic E-state index is 0.400. The molecule has 1 aliphatic heterocycles. The molecule has 1 saturated heterocycles. The Hall–Kier alpha value is -0.930. The Bertz CT molecular complexity index is 340. The van der Waals surface area contributed by atoms with Gasteiger partial charge in [-0.2, -0.15) is 0 Å². The molecule has 3 nitrogen and oxygen atoms in total. The smallest absolute Gasteiger partial charge is 0.0704 e. The predicted molar refractivity (Wildman–Crippen MR) is 64.2 cm³/mol. The Balaban J connectivity index is 1.74. The zero-order chi connectivity index (χ0) is 11.4. The topological polar surface area (TPSA) is 34.2 Å². The van der Waals surface area contributed by atoms with Crippen LogP contribution in [0.15, 0.2) is 18.5 Å². The molecule has 0 saturated carbocycles. The standard InChI is InChI=1S/C13H20N2O/c1-10-7-14-6-5-12(10)8-15-9-13-4-3-11(2)16-13/h5-7,11,13,15H,3-4,8-9H2,1-2H3. The predicted octanol–water partition coefficient (Wildman–Crippen LogP) is 2.05. The summed E-state index contributed by atoms with van der Waals surface area (Å²) in [5.74, 6) is 0. The van der Waals surface area contributed by atoms with Gasteiger partial charge in [0.15, 0.2) is 0 Å². The fraction of sp³-hybridized carbons (Fsp3) is 0.615. The molecule has 1 aromatic heterocycles. The zero-order valence-corrected chi connectivity index (χ0v) is 10.1. The minimum Gasteiger partial charge on any atom is -0.374 e. The number of nitrogens with zero attached hydrogens (tertiary/aromatic N) is 1. The lowest BCUT2D eigenvalue weighted by Gasteiger charge is -2.12. The second kappa shape index (κ2) is 5.41. The van der Waals surface area contributed by atoms with E-state index in [1.54, 1.807) is 0 Å². The summed E-state index contributed by atoms with van der Waals surface area (Å²) in [6.07, 6.45) is 6.97. The maximum absolute atomic E-state index is 5.75. The monoisotopic (exact) mass is 220 g/mol. The van der Waals surface area contributed by atoms with Crippen LogP contribution in [0.1, 0.15) is 30.9 Å². The minimum absolute atomic E-state index is 0.400. The van der Waals surface area contributed by atoms with Crippen molar-refractivity contribution in [3.8, 4) is 0 Å². The molecule has 16 heavy (non-hydrogen) atoms. The Labute approximate surface area is 97.2 Å². The fourth-order valence-electron chi connectivity index (χ4n) is 2.10. The van der Waals surface area contributed by atoms with Crippen molar-refractivity contribution in [3.05, 3.63) is 29.6 Å². The summed E-state index contributed by atoms with van der Waals surface area (Å²) in [6, 6.07) is 2.07. The van der Waals surface area contributed by atoms with Gasteiger partial charge in [-0.25, -0.2) is 0 Å². The number of hydrogen-bond acceptors (Lipinski definition) is 3. The van der Waals surface area contributed by atoms with Crippen LogP contribution in [0.4, 0.5) is 0 Å². The molecule has 1 N–H and O–H groups in total. The fourth-order valence-corrected chi connectivity index (χ4v) is 2.10. The van der Waals surface area contributed by atoms with Gasteiger partial charge >= 0.3 is 0 Å². The van der Waals surface area contributed by atoms with Crippen LogP contribution < -0.4 is 5.32 Å². The molecule has 0 bridgehead atoms. The third kappa shape index (κ3) is 3.03. The summed E-state index contributed by atoms with van der Waals surface area (Å²) >= 11 is 0. The van der Waals surface area contributed by atoms with Crippen LogP contribution in [0.2, 0.25) is 0 Å². The van der Waals surface area contributed by atoms with Gasteiger partial charge in [0, 0.05) is 25.5 Å². The van der Waals surface area contributed by atoms with Crippen LogP contribution >= 0.6 is 0 Å². The summed E-state index contributed by atoms with van der Waals surface area (Å²) in [5, 5.41) is 3.45. The number of rotatable bonds is 4. The molecule has 0 aliphatic carbocycles. The second-order valence-electron chi connectivity index (χ2n) is 4.58. The van der Waals surface area contributed by atoms with Crippen molar-refractivity contribution in [2.75, 3.05) is 6.54 Å². The highest BCUT2D eigenvalue weighted by Gasteiger charge is 2.20. The average Bonchev–Trinajstić information content (AvgIpc) is 2.67. The van der Waals surface area contributed by atoms with E-state index < -0.39 is 0 Å². The maximum Gasteiger partial charge on any atom is 0.0704 e. The van der Waals surface area contributed by atoms with Gasteiger partial charge in [0.25, 0.3) is 0 Å². The lowest BCUT2D eigenvalue weighted by Crippen LogP contribution is -2.26. The van der Waals surface area contributed by atoms with Crippen molar-refractivity contribution in [2.45, 2.75) is 45.4 Å². The van der Waals surface area contributed by atoms with Crippen LogP contribution in [-0.2, 0) is 11.3 Å². The number of ether oxygens (including phenoxy) is 1. The first-order valence-corrected chi connectivity index (χ1v) is 6.01. The van der Waals surface area contributed by atoms with Gasteiger partial charge in [-0.15, -0.1) is 0 Å². The van der Waals surface area contributed by atoms with E-state index in [1.165, 1.54) is 24.0 Å². The average molecular weight is 220 g/mol. The molecule has 0 radical (unpaired) electrons. The van der Waals surface area contributed by atoms with E-state index in [1.807, 2.05) is 12.4 Å². The first-order valence-electron chi connectivity index (χ1n) is 6.01. The van der Waals surface area contributed by atoms with Crippen molar-refractivity contribution in [1.82, 2.24) is 10.3 Å². The molecule has 2 unspecified atom stereocenters. The molecule has 0 spiro atoms. The molecule has 3 heteroatoms. The molecule has 88 valence electrons. The summed E-state index contributed by atoms with van der Waals surface area (Å²) in [5.41, 5.74) is 2.57. The van der Waals surface area contributed by atoms with E-state index in [9.17, 15) is 0 Å². The van der Waals surface area contributed by atoms with Crippen molar-refractivity contribution >= 4 is 0 Å². The van der Waals surface area contributed by atoms with E-state index in [2.05, 4.69) is 30.2 Å². The van der Waals surface area contributed by atoms with Crippen molar-refractivity contribution in [1.29, 1.82) is 0 Å². The summed E-state index contributed by atoms with van der Waals surface area (Å²) in [7, 11) is 0. The zero-order valence-electron chi connectivity index (χ0n) is 10.1. The van der Waals surface area contributed by atoms with Crippen molar-refractivity contribution in [2.24, 2.45) is 0 Å². The van der Waals surface area contributed by atoms with Gasteiger partial charge in [0.2, 0.25) is 0 Å². The molecular weight excluding hydrogens is 200 g/mol. The molecule has 0 amide bonds. The molecule has 2 rings (SSSR count). The Morgan fingerprint density at radius 2 is 2.38 bits per heavy atom. The van der Waals surface area contributed by atoms with Crippen LogP contribution in [0.3, 0.4) is 0 Å². The van der Waals surface area contributed by atoms with E-state index in [4.69, 9.17) is 4.74 Å². The molecule has 2 heterocycles. The first-order chi connectivity index (χ1) is 7.75. The highest BCUT2D eigenvalue weighted by molar-refractivity contribution is 5.21. The third-order valence-electron chi connectivity index (χ3n) is 3.14. The lowest BCUT2D eigenvalue weighted by molar-refractivity contribution is 0.0559. The Morgan fingerprint density at radius 1 is 1.50 bits per heavy atom. The largest absolute Gasteiger partial charge is 0.374 e. The molecule has 1 aromatic rings. The molecule has 1 fully saturated rings. The molecule has 1 aliphatic rings. The molecule has 2 atom stereocenters. The van der Waals surface area contributed by atoms with E-state index in [-0.39, 0.29) is 0 Å². The molecular formula is C13H20N2O. The lowest BCUT2D eigenvalue weighted by atomic mass is 10.1. The number of nitrogens with one attached hydrogen (secondary N) is 1. The van der Waals surface area contributed by atoms with Crippen molar-refractivity contribution in [3.63, 3.8) is 0 Å². The van der Waals surface area contributed by atoms with E-state index in [0.717, 1.165) is 13.1 Å². The summed E-state index contributed by atoms with van der Waals surface area (Å²) in [6.45, 7) is 6.10. The quantitative estimate of drug-likeness (QED) is 0.843. The highest BCUT2D eigenvalue weighted by Crippen LogP contribution is 2.18. The SMILES string of the molecule is Cc1cnccc1CNCC1CCC(C)O1. The van der Waals surface area contributed by atoms with Crippen LogP contribution in [0, 0.1) is 6.92 Å². The number of hydrogen-bond donors (Lipinski definition) is 1. The van der Waals surface area contributed by atoms with Crippen LogP contribution in [0.5, 0.6) is 0 Å². The van der Waals surface area contributed by atoms with E-state index >= 15 is 0 Å². The van der Waals surface area contributed by atoms with Gasteiger partial charge in [0.05, 0.1) is 12.2 Å². The van der Waals surface area contributed by atoms with Gasteiger partial charge in [-0.3, -0.25) is 4.98 Å². The number of pyridine rings is 1. The maximum atomic E-state index is 5.75. The van der Waals surface area contributed by atoms with Crippen LogP contribution in [-0.4, -0.2) is 23.7 Å². The van der Waals surface area contributed by atoms with Crippen molar-refractivity contribution < 1.29 is 4.74 Å². The van der Waals surface area contributed by atoms with Gasteiger partial charge in [-0.05, 0) is 43.9 Å². The first kappa shape index (κ1) is 11.6. The Kier molecular flexibility index (Phi) is 3.91. The van der Waals surface area contributed by atoms with Gasteiger partial charge in [0.1, 0.15) is 0 Å². The van der Waals surface area contributed by atoms with Gasteiger partial charge < -0.3 is 10.1 Å². The normalized spacial score (nSPS) is 24.9. The summed E-state index contributed by atoms with van der Waals surface area (Å²) in [4.78, 5) is 4.09. The van der Waals surface area contributed by atoms with Gasteiger partial charge in [-0.1, -0.05) is 0 Å². The third-order valence-corrected chi connectivity index (χ3v) is 3.14. The Morgan fingerprint density at radius 3 is 3.06 bits per heavy atom. The number of aromatic nitrogens is 1. The highest BCUT2D eigenvalue weighted by atomic mass is 16.5.